The number of benzene rings is 1. The molecule has 1 aliphatic carbocycles. The van der Waals surface area contributed by atoms with Crippen LogP contribution in [0.2, 0.25) is 0 Å². The number of fused-ring (bicyclic) bond motifs is 1. The van der Waals surface area contributed by atoms with E-state index in [0.29, 0.717) is 17.8 Å². The highest BCUT2D eigenvalue weighted by Crippen LogP contribution is 2.29. The molecule has 1 saturated carbocycles. The predicted molar refractivity (Wildman–Crippen MR) is 110 cm³/mol. The summed E-state index contributed by atoms with van der Waals surface area (Å²) in [6.07, 6.45) is 11.2. The number of aryl methyl sites for hydroxylation is 1. The maximum absolute atomic E-state index is 4.76. The van der Waals surface area contributed by atoms with Crippen LogP contribution in [0, 0.1) is 0 Å². The number of hydrogen-bond donors (Lipinski definition) is 1. The van der Waals surface area contributed by atoms with Crippen molar-refractivity contribution in [3.63, 3.8) is 0 Å². The Bertz CT molecular complexity index is 1100. The summed E-state index contributed by atoms with van der Waals surface area (Å²) < 4.78 is 2.09. The van der Waals surface area contributed by atoms with Gasteiger partial charge in [-0.25, -0.2) is 9.67 Å². The van der Waals surface area contributed by atoms with Gasteiger partial charge < -0.3 is 5.32 Å². The molecule has 0 amide bonds. The minimum absolute atomic E-state index is 0.427. The molecule has 3 heterocycles. The van der Waals surface area contributed by atoms with Gasteiger partial charge in [0.25, 0.3) is 0 Å². The van der Waals surface area contributed by atoms with Crippen molar-refractivity contribution < 1.29 is 0 Å². The Labute approximate surface area is 168 Å². The van der Waals surface area contributed by atoms with E-state index in [4.69, 9.17) is 4.98 Å². The summed E-state index contributed by atoms with van der Waals surface area (Å²) in [5.74, 6) is 1.17. The highest BCUT2D eigenvalue weighted by Gasteiger charge is 2.18. The van der Waals surface area contributed by atoms with Crippen LogP contribution < -0.4 is 5.32 Å². The van der Waals surface area contributed by atoms with Crippen molar-refractivity contribution in [3.8, 4) is 11.4 Å². The number of hydrogen-bond acceptors (Lipinski definition) is 7. The largest absolute Gasteiger partial charge is 0.324 e. The molecule has 0 saturated heterocycles. The maximum Gasteiger partial charge on any atom is 0.229 e. The number of anilines is 2. The normalized spacial score (nSPS) is 15.5. The van der Waals surface area contributed by atoms with E-state index in [1.807, 2.05) is 36.7 Å². The van der Waals surface area contributed by atoms with Gasteiger partial charge in [0.2, 0.25) is 11.8 Å². The monoisotopic (exact) mass is 389 g/mol. The molecule has 3 aromatic heterocycles. The maximum atomic E-state index is 4.76. The lowest BCUT2D eigenvalue weighted by Crippen LogP contribution is -2.11. The molecule has 1 aliphatic rings. The molecule has 0 atom stereocenters. The first-order valence-electron chi connectivity index (χ1n) is 10.1. The predicted octanol–water partition coefficient (Wildman–Crippen LogP) is 3.66. The van der Waals surface area contributed by atoms with Crippen LogP contribution in [-0.4, -0.2) is 40.0 Å². The zero-order chi connectivity index (χ0) is 19.6. The SMILES string of the molecule is Cn1nnc(-c2ccc(Nc3ncc4cnn(C5CCCCCC5)c4n3)cc2)n1. The van der Waals surface area contributed by atoms with Gasteiger partial charge in [0.15, 0.2) is 5.65 Å². The fourth-order valence-electron chi connectivity index (χ4n) is 3.90. The van der Waals surface area contributed by atoms with Crippen molar-refractivity contribution in [2.75, 3.05) is 5.32 Å². The zero-order valence-corrected chi connectivity index (χ0v) is 16.4. The third-order valence-electron chi connectivity index (χ3n) is 5.41. The molecule has 5 rings (SSSR count). The first-order valence-corrected chi connectivity index (χ1v) is 10.1. The van der Waals surface area contributed by atoms with E-state index >= 15 is 0 Å². The van der Waals surface area contributed by atoms with Crippen molar-refractivity contribution >= 4 is 22.7 Å². The summed E-state index contributed by atoms with van der Waals surface area (Å²) in [6, 6.07) is 8.25. The lowest BCUT2D eigenvalue weighted by atomic mass is 10.1. The number of tetrazole rings is 1. The molecule has 4 aromatic rings. The first-order chi connectivity index (χ1) is 14.3. The quantitative estimate of drug-likeness (QED) is 0.532. The zero-order valence-electron chi connectivity index (χ0n) is 16.4. The second kappa shape index (κ2) is 7.57. The van der Waals surface area contributed by atoms with Crippen LogP contribution >= 0.6 is 0 Å². The Balaban J connectivity index is 1.38. The van der Waals surface area contributed by atoms with Crippen LogP contribution in [0.5, 0.6) is 0 Å². The van der Waals surface area contributed by atoms with Gasteiger partial charge in [-0.15, -0.1) is 10.2 Å². The van der Waals surface area contributed by atoms with E-state index in [1.165, 1.54) is 43.3 Å². The van der Waals surface area contributed by atoms with Crippen LogP contribution in [0.15, 0.2) is 36.7 Å². The highest BCUT2D eigenvalue weighted by molar-refractivity contribution is 5.75. The molecule has 9 nitrogen and oxygen atoms in total. The van der Waals surface area contributed by atoms with Crippen molar-refractivity contribution in [2.45, 2.75) is 44.6 Å². The lowest BCUT2D eigenvalue weighted by molar-refractivity contribution is 0.415. The van der Waals surface area contributed by atoms with Crippen molar-refractivity contribution in [3.05, 3.63) is 36.7 Å². The van der Waals surface area contributed by atoms with E-state index in [0.717, 1.165) is 22.3 Å². The average Bonchev–Trinajstić information content (AvgIpc) is 3.26. The average molecular weight is 389 g/mol. The van der Waals surface area contributed by atoms with Crippen molar-refractivity contribution in [2.24, 2.45) is 7.05 Å². The number of rotatable bonds is 4. The van der Waals surface area contributed by atoms with Crippen LogP contribution in [0.1, 0.15) is 44.6 Å². The summed E-state index contributed by atoms with van der Waals surface area (Å²) in [5.41, 5.74) is 2.71. The standard InChI is InChI=1S/C20H23N9/c1-28-26-18(25-27-28)14-8-10-16(11-9-14)23-20-21-12-15-13-22-29(19(15)24-20)17-6-4-2-3-5-7-17/h8-13,17H,2-7H2,1H3,(H,21,23,24). The molecule has 0 radical (unpaired) electrons. The lowest BCUT2D eigenvalue weighted by Gasteiger charge is -2.15. The summed E-state index contributed by atoms with van der Waals surface area (Å²) in [4.78, 5) is 10.7. The molecular weight excluding hydrogens is 366 g/mol. The Morgan fingerprint density at radius 2 is 1.79 bits per heavy atom. The van der Waals surface area contributed by atoms with Gasteiger partial charge in [-0.1, -0.05) is 25.7 Å². The highest BCUT2D eigenvalue weighted by atomic mass is 15.6. The van der Waals surface area contributed by atoms with Crippen LogP contribution in [-0.2, 0) is 7.05 Å². The Hall–Kier alpha value is -3.36. The summed E-state index contributed by atoms with van der Waals surface area (Å²) in [7, 11) is 1.75. The number of nitrogens with zero attached hydrogens (tertiary/aromatic N) is 8. The molecule has 0 spiro atoms. The smallest absolute Gasteiger partial charge is 0.229 e. The van der Waals surface area contributed by atoms with Gasteiger partial charge in [0.1, 0.15) is 0 Å². The van der Waals surface area contributed by atoms with Crippen LogP contribution in [0.25, 0.3) is 22.4 Å². The Morgan fingerprint density at radius 3 is 2.52 bits per heavy atom. The third-order valence-corrected chi connectivity index (χ3v) is 5.41. The van der Waals surface area contributed by atoms with Gasteiger partial charge in [0, 0.05) is 17.4 Å². The number of aromatic nitrogens is 8. The van der Waals surface area contributed by atoms with E-state index in [2.05, 4.69) is 35.5 Å². The van der Waals surface area contributed by atoms with Gasteiger partial charge in [-0.3, -0.25) is 0 Å². The first kappa shape index (κ1) is 17.7. The molecule has 148 valence electrons. The van der Waals surface area contributed by atoms with E-state index in [9.17, 15) is 0 Å². The van der Waals surface area contributed by atoms with Crippen molar-refractivity contribution in [1.82, 2.24) is 40.0 Å². The minimum Gasteiger partial charge on any atom is -0.324 e. The second-order valence-electron chi connectivity index (χ2n) is 7.51. The summed E-state index contributed by atoms with van der Waals surface area (Å²) >= 11 is 0. The minimum atomic E-state index is 0.427. The van der Waals surface area contributed by atoms with Crippen LogP contribution in [0.4, 0.5) is 11.6 Å². The fraction of sp³-hybridized carbons (Fsp3) is 0.400. The second-order valence-corrected chi connectivity index (χ2v) is 7.51. The molecule has 9 heteroatoms. The topological polar surface area (TPSA) is 99.2 Å². The molecule has 1 aromatic carbocycles. The molecule has 0 aliphatic heterocycles. The van der Waals surface area contributed by atoms with Crippen LogP contribution in [0.3, 0.4) is 0 Å². The Kier molecular flexibility index (Phi) is 4.63. The molecule has 0 bridgehead atoms. The van der Waals surface area contributed by atoms with E-state index < -0.39 is 0 Å². The Morgan fingerprint density at radius 1 is 1.00 bits per heavy atom. The molecular formula is C20H23N9. The number of nitrogens with one attached hydrogen (secondary N) is 1. The summed E-state index contributed by atoms with van der Waals surface area (Å²) in [5, 5.41) is 21.0. The van der Waals surface area contributed by atoms with Gasteiger partial charge in [0.05, 0.1) is 24.7 Å². The van der Waals surface area contributed by atoms with Gasteiger partial charge >= 0.3 is 0 Å². The van der Waals surface area contributed by atoms with Crippen molar-refractivity contribution in [1.29, 1.82) is 0 Å². The van der Waals surface area contributed by atoms with Gasteiger partial charge in [-0.05, 0) is 42.3 Å². The van der Waals surface area contributed by atoms with E-state index in [1.54, 1.807) is 7.05 Å². The molecule has 1 fully saturated rings. The molecule has 0 unspecified atom stereocenters. The molecule has 1 N–H and O–H groups in total. The third kappa shape index (κ3) is 3.67. The molecule has 29 heavy (non-hydrogen) atoms. The van der Waals surface area contributed by atoms with Gasteiger partial charge in [-0.2, -0.15) is 14.9 Å². The fourth-order valence-corrected chi connectivity index (χ4v) is 3.90. The van der Waals surface area contributed by atoms with E-state index in [-0.39, 0.29) is 0 Å². The summed E-state index contributed by atoms with van der Waals surface area (Å²) in [6.45, 7) is 0.